The molecule has 0 bridgehead atoms. The highest BCUT2D eigenvalue weighted by atomic mass is 19.1. The number of para-hydroxylation sites is 1. The van der Waals surface area contributed by atoms with Gasteiger partial charge < -0.3 is 5.11 Å². The number of hydrogen-bond acceptors (Lipinski definition) is 4. The molecule has 0 spiro atoms. The van der Waals surface area contributed by atoms with Gasteiger partial charge in [-0.1, -0.05) is 18.2 Å². The maximum atomic E-state index is 14.3. The van der Waals surface area contributed by atoms with Gasteiger partial charge in [-0.2, -0.15) is 10.2 Å². The number of phenols is 1. The fourth-order valence-corrected chi connectivity index (χ4v) is 2.84. The predicted octanol–water partition coefficient (Wildman–Crippen LogP) is 3.24. The van der Waals surface area contributed by atoms with Gasteiger partial charge >= 0.3 is 0 Å². The van der Waals surface area contributed by atoms with E-state index in [9.17, 15) is 14.3 Å². The molecule has 1 N–H and O–H groups in total. The second kappa shape index (κ2) is 6.53. The molecule has 7 heteroatoms. The maximum Gasteiger partial charge on any atom is 0.212 e. The lowest BCUT2D eigenvalue weighted by atomic mass is 10.2. The topological polar surface area (TPSA) is 72.9 Å². The third kappa shape index (κ3) is 2.99. The number of phenolic OH excluding ortho intramolecular Hbond substituents is 1. The van der Waals surface area contributed by atoms with Crippen LogP contribution >= 0.6 is 0 Å². The molecule has 6 nitrogen and oxygen atoms in total. The molecule has 2 heterocycles. The number of halogens is 1. The molecule has 2 aromatic carbocycles. The molecule has 0 saturated carbocycles. The molecule has 0 fully saturated rings. The fourth-order valence-electron chi connectivity index (χ4n) is 2.84. The molecule has 4 rings (SSSR count). The molecular weight excluding hydrogens is 347 g/mol. The molecule has 2 aromatic heterocycles. The monoisotopic (exact) mass is 362 g/mol. The number of rotatable bonds is 3. The molecule has 0 saturated heterocycles. The number of aromatic nitrogens is 4. The Morgan fingerprint density at radius 2 is 1.85 bits per heavy atom. The Hall–Kier alpha value is -3.74. The summed E-state index contributed by atoms with van der Waals surface area (Å²) in [6.45, 7) is 1.64. The van der Waals surface area contributed by atoms with Gasteiger partial charge in [-0.3, -0.25) is 4.79 Å². The van der Waals surface area contributed by atoms with Crippen LogP contribution < -0.4 is 5.43 Å². The highest BCUT2D eigenvalue weighted by Crippen LogP contribution is 2.21. The van der Waals surface area contributed by atoms with Gasteiger partial charge in [0, 0.05) is 17.8 Å². The van der Waals surface area contributed by atoms with Crippen LogP contribution in [-0.2, 0) is 0 Å². The lowest BCUT2D eigenvalue weighted by molar-refractivity contribution is 0.468. The van der Waals surface area contributed by atoms with Gasteiger partial charge in [0.2, 0.25) is 5.43 Å². The van der Waals surface area contributed by atoms with E-state index in [4.69, 9.17) is 0 Å². The summed E-state index contributed by atoms with van der Waals surface area (Å²) in [5.74, 6) is -0.829. The summed E-state index contributed by atoms with van der Waals surface area (Å²) in [6, 6.07) is 14.8. The van der Waals surface area contributed by atoms with Crippen molar-refractivity contribution in [2.75, 3.05) is 0 Å². The van der Waals surface area contributed by atoms with Crippen molar-refractivity contribution in [3.8, 4) is 28.5 Å². The normalized spacial score (nSPS) is 10.9. The lowest BCUT2D eigenvalue weighted by Crippen LogP contribution is -2.18. The summed E-state index contributed by atoms with van der Waals surface area (Å²) in [7, 11) is 0. The molecule has 4 aromatic rings. The van der Waals surface area contributed by atoms with Gasteiger partial charge in [0.1, 0.15) is 11.4 Å². The van der Waals surface area contributed by atoms with Crippen LogP contribution in [0.15, 0.2) is 71.8 Å². The summed E-state index contributed by atoms with van der Waals surface area (Å²) in [5, 5.41) is 18.0. The number of aromatic hydroxyl groups is 1. The van der Waals surface area contributed by atoms with E-state index in [0.29, 0.717) is 11.3 Å². The second-order valence-corrected chi connectivity index (χ2v) is 6.03. The Kier molecular flexibility index (Phi) is 4.04. The number of benzene rings is 2. The Morgan fingerprint density at radius 1 is 1.07 bits per heavy atom. The molecular formula is C20H15FN4O2. The van der Waals surface area contributed by atoms with Crippen molar-refractivity contribution < 1.29 is 9.50 Å². The van der Waals surface area contributed by atoms with E-state index in [0.717, 1.165) is 11.8 Å². The van der Waals surface area contributed by atoms with E-state index >= 15 is 0 Å². The third-order valence-corrected chi connectivity index (χ3v) is 4.16. The van der Waals surface area contributed by atoms with Crippen LogP contribution in [0.1, 0.15) is 5.56 Å². The van der Waals surface area contributed by atoms with E-state index in [2.05, 4.69) is 10.2 Å². The van der Waals surface area contributed by atoms with Crippen molar-refractivity contribution >= 4 is 0 Å². The first kappa shape index (κ1) is 16.7. The van der Waals surface area contributed by atoms with E-state index in [1.807, 2.05) is 30.3 Å². The van der Waals surface area contributed by atoms with Crippen LogP contribution in [0, 0.1) is 12.7 Å². The van der Waals surface area contributed by atoms with Crippen LogP contribution in [0.2, 0.25) is 0 Å². The van der Waals surface area contributed by atoms with E-state index < -0.39 is 5.82 Å². The summed E-state index contributed by atoms with van der Waals surface area (Å²) in [5.41, 5.74) is 1.72. The lowest BCUT2D eigenvalue weighted by Gasteiger charge is -2.12. The highest BCUT2D eigenvalue weighted by molar-refractivity contribution is 5.58. The van der Waals surface area contributed by atoms with Crippen LogP contribution in [-0.4, -0.2) is 24.7 Å². The molecule has 0 aliphatic heterocycles. The molecule has 0 amide bonds. The van der Waals surface area contributed by atoms with Crippen molar-refractivity contribution in [3.63, 3.8) is 0 Å². The predicted molar refractivity (Wildman–Crippen MR) is 98.8 cm³/mol. The van der Waals surface area contributed by atoms with Gasteiger partial charge in [0.25, 0.3) is 0 Å². The quantitative estimate of drug-likeness (QED) is 0.607. The minimum atomic E-state index is -0.645. The SMILES string of the molecule is Cc1cn(-c2ccc(O)cc2F)nc(-c2ccnn2-c2ccccc2)c1=O. The van der Waals surface area contributed by atoms with Gasteiger partial charge in [0.15, 0.2) is 11.5 Å². The van der Waals surface area contributed by atoms with Gasteiger partial charge in [-0.05, 0) is 37.3 Å². The summed E-state index contributed by atoms with van der Waals surface area (Å²) >= 11 is 0. The molecule has 27 heavy (non-hydrogen) atoms. The Labute approximate surface area is 153 Å². The number of hydrogen-bond donors (Lipinski definition) is 1. The molecule has 134 valence electrons. The number of aryl methyl sites for hydroxylation is 1. The third-order valence-electron chi connectivity index (χ3n) is 4.16. The zero-order valence-electron chi connectivity index (χ0n) is 14.4. The largest absolute Gasteiger partial charge is 0.508 e. The average molecular weight is 362 g/mol. The first-order valence-electron chi connectivity index (χ1n) is 8.24. The van der Waals surface area contributed by atoms with Gasteiger partial charge in [-0.15, -0.1) is 0 Å². The minimum absolute atomic E-state index is 0.128. The molecule has 0 atom stereocenters. The zero-order chi connectivity index (χ0) is 19.0. The zero-order valence-corrected chi connectivity index (χ0v) is 14.4. The highest BCUT2D eigenvalue weighted by Gasteiger charge is 2.16. The first-order chi connectivity index (χ1) is 13.0. The van der Waals surface area contributed by atoms with Crippen LogP contribution in [0.25, 0.3) is 22.8 Å². The van der Waals surface area contributed by atoms with Crippen LogP contribution in [0.5, 0.6) is 5.75 Å². The Bertz CT molecular complexity index is 1180. The molecule has 0 aliphatic rings. The van der Waals surface area contributed by atoms with Crippen molar-refractivity contribution in [1.82, 2.24) is 19.6 Å². The fraction of sp³-hybridized carbons (Fsp3) is 0.0500. The Morgan fingerprint density at radius 3 is 2.59 bits per heavy atom. The number of nitrogens with zero attached hydrogens (tertiary/aromatic N) is 4. The summed E-state index contributed by atoms with van der Waals surface area (Å²) in [6.07, 6.45) is 3.04. The van der Waals surface area contributed by atoms with Crippen LogP contribution in [0.4, 0.5) is 4.39 Å². The molecule has 0 unspecified atom stereocenters. The standard InChI is InChI=1S/C20H15FN4O2/c1-13-12-24(17-8-7-15(26)11-16(17)21)23-19(20(13)27)18-9-10-22-25(18)14-5-3-2-4-6-14/h2-12,26H,1H3. The van der Waals surface area contributed by atoms with E-state index in [1.54, 1.807) is 23.9 Å². The maximum absolute atomic E-state index is 14.3. The van der Waals surface area contributed by atoms with E-state index in [1.165, 1.54) is 23.0 Å². The van der Waals surface area contributed by atoms with Crippen LogP contribution in [0.3, 0.4) is 0 Å². The van der Waals surface area contributed by atoms with E-state index in [-0.39, 0.29) is 22.6 Å². The molecule has 0 radical (unpaired) electrons. The van der Waals surface area contributed by atoms with Crippen molar-refractivity contribution in [1.29, 1.82) is 0 Å². The molecule has 0 aliphatic carbocycles. The summed E-state index contributed by atoms with van der Waals surface area (Å²) < 4.78 is 17.2. The van der Waals surface area contributed by atoms with Crippen molar-refractivity contribution in [3.05, 3.63) is 88.6 Å². The minimum Gasteiger partial charge on any atom is -0.508 e. The van der Waals surface area contributed by atoms with Gasteiger partial charge in [-0.25, -0.2) is 13.8 Å². The Balaban J connectivity index is 1.92. The second-order valence-electron chi connectivity index (χ2n) is 6.03. The van der Waals surface area contributed by atoms with Crippen molar-refractivity contribution in [2.24, 2.45) is 0 Å². The van der Waals surface area contributed by atoms with Gasteiger partial charge in [0.05, 0.1) is 17.6 Å². The average Bonchev–Trinajstić information content (AvgIpc) is 3.14. The smallest absolute Gasteiger partial charge is 0.212 e. The summed E-state index contributed by atoms with van der Waals surface area (Å²) in [4.78, 5) is 12.7. The van der Waals surface area contributed by atoms with Crippen molar-refractivity contribution in [2.45, 2.75) is 6.92 Å². The first-order valence-corrected chi connectivity index (χ1v) is 8.24.